The predicted octanol–water partition coefficient (Wildman–Crippen LogP) is 4.38. The highest BCUT2D eigenvalue weighted by Crippen LogP contribution is 2.18. The highest BCUT2D eigenvalue weighted by molar-refractivity contribution is 14.0. The number of piperazine rings is 1. The highest BCUT2D eigenvalue weighted by atomic mass is 127. The van der Waals surface area contributed by atoms with Crippen molar-refractivity contribution in [1.29, 1.82) is 0 Å². The molecule has 1 aromatic heterocycles. The first-order valence-electron chi connectivity index (χ1n) is 12.1. The van der Waals surface area contributed by atoms with E-state index in [1.807, 2.05) is 6.07 Å². The van der Waals surface area contributed by atoms with Crippen LogP contribution in [0.1, 0.15) is 56.5 Å². The molecule has 3 rings (SSSR count). The Balaban J connectivity index is 0.00000385. The van der Waals surface area contributed by atoms with Crippen molar-refractivity contribution in [2.75, 3.05) is 50.7 Å². The number of hydrogen-bond acceptors (Lipinski definition) is 5. The summed E-state index contributed by atoms with van der Waals surface area (Å²) in [7, 11) is 0. The lowest BCUT2D eigenvalue weighted by Gasteiger charge is -2.36. The van der Waals surface area contributed by atoms with Crippen molar-refractivity contribution in [3.63, 3.8) is 0 Å². The quantitative estimate of drug-likeness (QED) is 0.192. The molecule has 1 saturated heterocycles. The first-order chi connectivity index (χ1) is 15.5. The molecule has 0 atom stereocenters. The van der Waals surface area contributed by atoms with Gasteiger partial charge in [-0.15, -0.1) is 24.0 Å². The number of unbranched alkanes of at least 4 members (excludes halogenated alkanes) is 1. The summed E-state index contributed by atoms with van der Waals surface area (Å²) in [4.78, 5) is 9.72. The van der Waals surface area contributed by atoms with Gasteiger partial charge in [0.05, 0.1) is 5.69 Å². The fourth-order valence-electron chi connectivity index (χ4n) is 3.90. The summed E-state index contributed by atoms with van der Waals surface area (Å²) in [6, 6.07) is 10.8. The summed E-state index contributed by atoms with van der Waals surface area (Å²) in [6.07, 6.45) is 2.32. The monoisotopic (exact) mass is 568 g/mol. The van der Waals surface area contributed by atoms with Crippen molar-refractivity contribution in [2.45, 2.75) is 53.0 Å². The second kappa shape index (κ2) is 14.5. The molecule has 8 heteroatoms. The minimum Gasteiger partial charge on any atom is -0.369 e. The maximum atomic E-state index is 5.38. The van der Waals surface area contributed by atoms with Gasteiger partial charge in [0, 0.05) is 51.0 Å². The van der Waals surface area contributed by atoms with Gasteiger partial charge in [0.25, 0.3) is 0 Å². The first-order valence-corrected chi connectivity index (χ1v) is 12.1. The molecule has 1 aliphatic rings. The van der Waals surface area contributed by atoms with Crippen molar-refractivity contribution in [3.8, 4) is 0 Å². The third kappa shape index (κ3) is 9.16. The minimum atomic E-state index is 0. The molecular formula is C25H41IN6O. The van der Waals surface area contributed by atoms with Gasteiger partial charge in [0.2, 0.25) is 0 Å². The Kier molecular flexibility index (Phi) is 12.0. The molecule has 0 saturated carbocycles. The zero-order chi connectivity index (χ0) is 22.8. The number of halogens is 1. The Hall–Kier alpha value is -1.81. The largest absolute Gasteiger partial charge is 0.369 e. The fraction of sp³-hybridized carbons (Fsp3) is 0.600. The Morgan fingerprint density at radius 3 is 2.58 bits per heavy atom. The summed E-state index contributed by atoms with van der Waals surface area (Å²) < 4.78 is 5.38. The van der Waals surface area contributed by atoms with Crippen molar-refractivity contribution in [1.82, 2.24) is 20.7 Å². The Morgan fingerprint density at radius 1 is 1.12 bits per heavy atom. The van der Waals surface area contributed by atoms with Gasteiger partial charge in [0.1, 0.15) is 6.54 Å². The molecule has 2 heterocycles. The number of nitrogens with zero attached hydrogens (tertiary/aromatic N) is 4. The van der Waals surface area contributed by atoms with Crippen molar-refractivity contribution in [2.24, 2.45) is 4.99 Å². The van der Waals surface area contributed by atoms with E-state index < -0.39 is 0 Å². The number of aryl methyl sites for hydroxylation is 1. The van der Waals surface area contributed by atoms with Crippen LogP contribution < -0.4 is 15.5 Å². The molecule has 0 bridgehead atoms. The number of anilines is 1. The van der Waals surface area contributed by atoms with Gasteiger partial charge in [-0.05, 0) is 56.8 Å². The van der Waals surface area contributed by atoms with Crippen LogP contribution in [0.4, 0.5) is 5.69 Å². The average Bonchev–Trinajstić information content (AvgIpc) is 3.27. The third-order valence-corrected chi connectivity index (χ3v) is 5.84. The van der Waals surface area contributed by atoms with Gasteiger partial charge in [-0.25, -0.2) is 4.99 Å². The van der Waals surface area contributed by atoms with Gasteiger partial charge >= 0.3 is 0 Å². The smallest absolute Gasteiger partial charge is 0.191 e. The van der Waals surface area contributed by atoms with E-state index in [2.05, 4.69) is 82.5 Å². The number of nitrogens with one attached hydrogen (secondary N) is 2. The maximum absolute atomic E-state index is 5.38. The van der Waals surface area contributed by atoms with Crippen LogP contribution in [0.15, 0.2) is 39.8 Å². The highest BCUT2D eigenvalue weighted by Gasteiger charge is 2.16. The molecule has 0 unspecified atom stereocenters. The van der Waals surface area contributed by atoms with Gasteiger partial charge in [0.15, 0.2) is 11.7 Å². The number of aromatic nitrogens is 1. The lowest BCUT2D eigenvalue weighted by atomic mass is 10.1. The molecule has 0 radical (unpaired) electrons. The van der Waals surface area contributed by atoms with E-state index in [4.69, 9.17) is 4.52 Å². The lowest BCUT2D eigenvalue weighted by Crippen LogP contribution is -2.46. The van der Waals surface area contributed by atoms with Gasteiger partial charge < -0.3 is 20.1 Å². The standard InChI is InChI=1S/C25H40N6O.HI/c1-5-26-25(28-19-23-18-24(20(2)3)29-32-23)27-11-6-7-12-30-13-15-31(16-14-30)22-10-8-9-21(4)17-22;/h8-10,17-18,20H,5-7,11-16,19H2,1-4H3,(H2,26,27,28);1H. The summed E-state index contributed by atoms with van der Waals surface area (Å²) in [5, 5.41) is 10.9. The van der Waals surface area contributed by atoms with E-state index in [1.165, 1.54) is 17.7 Å². The van der Waals surface area contributed by atoms with Crippen LogP contribution in [-0.4, -0.2) is 61.8 Å². The van der Waals surface area contributed by atoms with Crippen LogP contribution in [0.5, 0.6) is 0 Å². The second-order valence-corrected chi connectivity index (χ2v) is 8.87. The van der Waals surface area contributed by atoms with E-state index in [1.54, 1.807) is 0 Å². The van der Waals surface area contributed by atoms with E-state index in [0.717, 1.165) is 69.6 Å². The molecule has 184 valence electrons. The fourth-order valence-corrected chi connectivity index (χ4v) is 3.90. The van der Waals surface area contributed by atoms with Crippen molar-refractivity contribution in [3.05, 3.63) is 47.3 Å². The summed E-state index contributed by atoms with van der Waals surface area (Å²) >= 11 is 0. The SMILES string of the molecule is CCNC(=NCc1cc(C(C)C)no1)NCCCCN1CCN(c2cccc(C)c2)CC1.I. The zero-order valence-electron chi connectivity index (χ0n) is 20.6. The third-order valence-electron chi connectivity index (χ3n) is 5.84. The van der Waals surface area contributed by atoms with E-state index in [-0.39, 0.29) is 24.0 Å². The first kappa shape index (κ1) is 27.4. The Morgan fingerprint density at radius 2 is 1.91 bits per heavy atom. The predicted molar refractivity (Wildman–Crippen MR) is 148 cm³/mol. The molecular weight excluding hydrogens is 527 g/mol. The minimum absolute atomic E-state index is 0. The van der Waals surface area contributed by atoms with Crippen LogP contribution in [0, 0.1) is 6.92 Å². The molecule has 1 aromatic carbocycles. The van der Waals surface area contributed by atoms with Crippen molar-refractivity contribution >= 4 is 35.6 Å². The van der Waals surface area contributed by atoms with Crippen LogP contribution in [0.3, 0.4) is 0 Å². The zero-order valence-corrected chi connectivity index (χ0v) is 23.0. The maximum Gasteiger partial charge on any atom is 0.191 e. The van der Waals surface area contributed by atoms with E-state index in [0.29, 0.717) is 12.5 Å². The number of guanidine groups is 1. The number of hydrogen-bond donors (Lipinski definition) is 2. The van der Waals surface area contributed by atoms with E-state index >= 15 is 0 Å². The normalized spacial score (nSPS) is 14.9. The molecule has 0 spiro atoms. The lowest BCUT2D eigenvalue weighted by molar-refractivity contribution is 0.253. The van der Waals surface area contributed by atoms with Crippen LogP contribution in [-0.2, 0) is 6.54 Å². The molecule has 2 aromatic rings. The number of benzene rings is 1. The topological polar surface area (TPSA) is 68.9 Å². The molecule has 7 nitrogen and oxygen atoms in total. The van der Waals surface area contributed by atoms with E-state index in [9.17, 15) is 0 Å². The van der Waals surface area contributed by atoms with Crippen LogP contribution in [0.2, 0.25) is 0 Å². The molecule has 0 amide bonds. The number of aliphatic imine (C=N–C) groups is 1. The molecule has 0 aliphatic carbocycles. The molecule has 1 aliphatic heterocycles. The molecule has 2 N–H and O–H groups in total. The van der Waals surface area contributed by atoms with Crippen molar-refractivity contribution < 1.29 is 4.52 Å². The van der Waals surface area contributed by atoms with Crippen LogP contribution in [0.25, 0.3) is 0 Å². The summed E-state index contributed by atoms with van der Waals surface area (Å²) in [5.41, 5.74) is 3.67. The summed E-state index contributed by atoms with van der Waals surface area (Å²) in [6.45, 7) is 16.4. The van der Waals surface area contributed by atoms with Crippen LogP contribution >= 0.6 is 24.0 Å². The summed E-state index contributed by atoms with van der Waals surface area (Å²) in [5.74, 6) is 2.01. The van der Waals surface area contributed by atoms with Gasteiger partial charge in [-0.3, -0.25) is 4.90 Å². The Bertz CT molecular complexity index is 845. The second-order valence-electron chi connectivity index (χ2n) is 8.87. The molecule has 1 fully saturated rings. The molecule has 33 heavy (non-hydrogen) atoms. The van der Waals surface area contributed by atoms with Gasteiger partial charge in [-0.1, -0.05) is 31.1 Å². The van der Waals surface area contributed by atoms with Gasteiger partial charge in [-0.2, -0.15) is 0 Å². The Labute approximate surface area is 216 Å². The number of rotatable bonds is 10. The average molecular weight is 569 g/mol.